The van der Waals surface area contributed by atoms with Crippen molar-refractivity contribution >= 4 is 5.84 Å². The number of nitrogens with zero attached hydrogens (tertiary/aromatic N) is 3. The molecule has 3 fully saturated rings. The van der Waals surface area contributed by atoms with E-state index < -0.39 is 22.2 Å². The van der Waals surface area contributed by atoms with Gasteiger partial charge in [0.25, 0.3) is 5.91 Å². The maximum atomic E-state index is 10.4. The lowest BCUT2D eigenvalue weighted by molar-refractivity contribution is -0.201. The second kappa shape index (κ2) is 6.47. The SMILES string of the molecule is C[C@@H]1CO[C@]2(N=C(N)[C@@]3(C#N)C4(CCCCCCCCCCC4)[C@@]23C#N)O1. The third-order valence-electron chi connectivity index (χ3n) is 7.48. The summed E-state index contributed by atoms with van der Waals surface area (Å²) in [7, 11) is 0. The molecule has 4 rings (SSSR count). The molecule has 0 aromatic carbocycles. The van der Waals surface area contributed by atoms with Gasteiger partial charge >= 0.3 is 0 Å². The standard InChI is InChI=1S/C21H30N4O2/c1-16-13-26-21(27-16)20(15-23)18(19(20,14-22)17(24)25-21)11-9-7-5-3-2-4-6-8-10-12-18/h16H,2-13H2,1H3,(H2,24,25)/t16-,19+,20-,21+/m1/s1. The molecule has 2 aliphatic heterocycles. The molecule has 0 bridgehead atoms. The number of aliphatic imine (C=N–C) groups is 1. The fourth-order valence-electron chi connectivity index (χ4n) is 6.30. The molecule has 6 heteroatoms. The van der Waals surface area contributed by atoms with E-state index in [-0.39, 0.29) is 11.9 Å². The molecule has 27 heavy (non-hydrogen) atoms. The van der Waals surface area contributed by atoms with Gasteiger partial charge < -0.3 is 15.2 Å². The predicted molar refractivity (Wildman–Crippen MR) is 100 cm³/mol. The van der Waals surface area contributed by atoms with Crippen molar-refractivity contribution in [3.8, 4) is 12.1 Å². The highest BCUT2D eigenvalue weighted by Crippen LogP contribution is 2.88. The minimum absolute atomic E-state index is 0.162. The molecule has 0 radical (unpaired) electrons. The molecule has 2 aliphatic carbocycles. The number of nitrogens with two attached hydrogens (primary N) is 1. The molecule has 2 heterocycles. The van der Waals surface area contributed by atoms with E-state index in [1.807, 2.05) is 6.92 Å². The summed E-state index contributed by atoms with van der Waals surface area (Å²) in [4.78, 5) is 4.47. The fourth-order valence-corrected chi connectivity index (χ4v) is 6.30. The maximum Gasteiger partial charge on any atom is 0.293 e. The predicted octanol–water partition coefficient (Wildman–Crippen LogP) is 3.77. The summed E-state index contributed by atoms with van der Waals surface area (Å²) < 4.78 is 12.1. The van der Waals surface area contributed by atoms with Crippen LogP contribution in [0.4, 0.5) is 0 Å². The molecular formula is C21H30N4O2. The first-order valence-electron chi connectivity index (χ1n) is 10.6. The molecule has 0 aromatic rings. The van der Waals surface area contributed by atoms with Gasteiger partial charge in [0.1, 0.15) is 11.3 Å². The van der Waals surface area contributed by atoms with E-state index in [4.69, 9.17) is 15.2 Å². The number of ether oxygens (including phenoxy) is 2. The van der Waals surface area contributed by atoms with Gasteiger partial charge in [0.15, 0.2) is 5.41 Å². The van der Waals surface area contributed by atoms with Crippen LogP contribution in [0.5, 0.6) is 0 Å². The topological polar surface area (TPSA) is 104 Å². The van der Waals surface area contributed by atoms with Crippen LogP contribution in [0.3, 0.4) is 0 Å². The molecule has 0 aromatic heterocycles. The molecule has 6 nitrogen and oxygen atoms in total. The first kappa shape index (κ1) is 18.7. The highest BCUT2D eigenvalue weighted by atomic mass is 16.8. The van der Waals surface area contributed by atoms with Gasteiger partial charge in [0.2, 0.25) is 0 Å². The molecule has 4 atom stereocenters. The van der Waals surface area contributed by atoms with Crippen LogP contribution < -0.4 is 5.73 Å². The van der Waals surface area contributed by atoms with Crippen LogP contribution in [0.2, 0.25) is 0 Å². The number of fused-ring (bicyclic) bond motifs is 4. The first-order chi connectivity index (χ1) is 13.1. The number of rotatable bonds is 0. The number of hydrogen-bond donors (Lipinski definition) is 1. The molecule has 2 spiro atoms. The van der Waals surface area contributed by atoms with Gasteiger partial charge in [-0.2, -0.15) is 10.5 Å². The summed E-state index contributed by atoms with van der Waals surface area (Å²) in [6, 6.07) is 4.95. The Bertz CT molecular complexity index is 711. The van der Waals surface area contributed by atoms with E-state index in [0.29, 0.717) is 6.61 Å². The molecule has 2 saturated carbocycles. The smallest absolute Gasteiger partial charge is 0.293 e. The van der Waals surface area contributed by atoms with Crippen LogP contribution in [-0.2, 0) is 9.47 Å². The average molecular weight is 370 g/mol. The van der Waals surface area contributed by atoms with E-state index >= 15 is 0 Å². The monoisotopic (exact) mass is 370 g/mol. The third kappa shape index (κ3) is 2.09. The number of nitriles is 2. The Morgan fingerprint density at radius 3 is 1.96 bits per heavy atom. The molecule has 2 N–H and O–H groups in total. The fraction of sp³-hybridized carbons (Fsp3) is 0.857. The van der Waals surface area contributed by atoms with Crippen molar-refractivity contribution in [2.45, 2.75) is 89.6 Å². The molecule has 4 aliphatic rings. The van der Waals surface area contributed by atoms with Crippen molar-refractivity contribution in [2.75, 3.05) is 6.61 Å². The summed E-state index contributed by atoms with van der Waals surface area (Å²) in [6.07, 6.45) is 12.0. The zero-order valence-corrected chi connectivity index (χ0v) is 16.3. The van der Waals surface area contributed by atoms with Gasteiger partial charge in [0, 0.05) is 5.41 Å². The second-order valence-corrected chi connectivity index (χ2v) is 8.81. The van der Waals surface area contributed by atoms with Crippen LogP contribution in [0.1, 0.15) is 77.6 Å². The first-order valence-corrected chi connectivity index (χ1v) is 10.6. The van der Waals surface area contributed by atoms with Crippen LogP contribution in [0.25, 0.3) is 0 Å². The van der Waals surface area contributed by atoms with Gasteiger partial charge in [-0.15, -0.1) is 0 Å². The van der Waals surface area contributed by atoms with Gasteiger partial charge in [0.05, 0.1) is 24.8 Å². The lowest BCUT2D eigenvalue weighted by atomic mass is 9.80. The van der Waals surface area contributed by atoms with Crippen molar-refractivity contribution in [1.29, 1.82) is 10.5 Å². The maximum absolute atomic E-state index is 10.4. The number of amidine groups is 1. The van der Waals surface area contributed by atoms with Crippen molar-refractivity contribution in [3.63, 3.8) is 0 Å². The Balaban J connectivity index is 1.75. The quantitative estimate of drug-likeness (QED) is 0.699. The molecule has 0 unspecified atom stereocenters. The van der Waals surface area contributed by atoms with Crippen LogP contribution >= 0.6 is 0 Å². The van der Waals surface area contributed by atoms with Gasteiger partial charge in [-0.05, 0) is 19.8 Å². The van der Waals surface area contributed by atoms with Crippen molar-refractivity contribution < 1.29 is 9.47 Å². The Hall–Kier alpha value is -1.63. The second-order valence-electron chi connectivity index (χ2n) is 8.81. The molecular weight excluding hydrogens is 340 g/mol. The summed E-state index contributed by atoms with van der Waals surface area (Å²) >= 11 is 0. The number of hydrogen-bond acceptors (Lipinski definition) is 6. The molecule has 146 valence electrons. The summed E-state index contributed by atoms with van der Waals surface area (Å²) in [5.74, 6) is -1.16. The van der Waals surface area contributed by atoms with Crippen molar-refractivity contribution in [2.24, 2.45) is 27.0 Å². The Morgan fingerprint density at radius 2 is 1.52 bits per heavy atom. The Morgan fingerprint density at radius 1 is 0.963 bits per heavy atom. The van der Waals surface area contributed by atoms with Crippen molar-refractivity contribution in [3.05, 3.63) is 0 Å². The molecule has 1 saturated heterocycles. The highest BCUT2D eigenvalue weighted by Gasteiger charge is 3.00. The molecule has 0 amide bonds. The average Bonchev–Trinajstić information content (AvgIpc) is 2.81. The zero-order chi connectivity index (χ0) is 19.2. The van der Waals surface area contributed by atoms with Gasteiger partial charge in [-0.25, -0.2) is 4.99 Å². The summed E-state index contributed by atoms with van der Waals surface area (Å²) in [5.41, 5.74) is 3.64. The summed E-state index contributed by atoms with van der Waals surface area (Å²) in [5, 5.41) is 20.7. The lowest BCUT2D eigenvalue weighted by Gasteiger charge is -2.32. The Kier molecular flexibility index (Phi) is 4.48. The zero-order valence-electron chi connectivity index (χ0n) is 16.3. The minimum atomic E-state index is -1.40. The third-order valence-corrected chi connectivity index (χ3v) is 7.48. The largest absolute Gasteiger partial charge is 0.386 e. The minimum Gasteiger partial charge on any atom is -0.386 e. The van der Waals surface area contributed by atoms with Crippen LogP contribution in [0, 0.1) is 38.9 Å². The van der Waals surface area contributed by atoms with Gasteiger partial charge in [-0.1, -0.05) is 57.8 Å². The van der Waals surface area contributed by atoms with Crippen LogP contribution in [0.15, 0.2) is 4.99 Å². The van der Waals surface area contributed by atoms with Crippen LogP contribution in [-0.4, -0.2) is 24.5 Å². The lowest BCUT2D eigenvalue weighted by Crippen LogP contribution is -2.42. The van der Waals surface area contributed by atoms with Crippen molar-refractivity contribution in [1.82, 2.24) is 0 Å². The Labute approximate surface area is 161 Å². The highest BCUT2D eigenvalue weighted by molar-refractivity contribution is 6.00. The van der Waals surface area contributed by atoms with Gasteiger partial charge in [-0.3, -0.25) is 0 Å². The van der Waals surface area contributed by atoms with E-state index in [0.717, 1.165) is 38.5 Å². The summed E-state index contributed by atoms with van der Waals surface area (Å²) in [6.45, 7) is 2.28. The van der Waals surface area contributed by atoms with E-state index in [2.05, 4.69) is 17.1 Å². The normalized spacial score (nSPS) is 43.8. The van der Waals surface area contributed by atoms with E-state index in [1.165, 1.54) is 32.1 Å². The van der Waals surface area contributed by atoms with E-state index in [9.17, 15) is 10.5 Å². The van der Waals surface area contributed by atoms with E-state index in [1.54, 1.807) is 0 Å².